The normalized spacial score (nSPS) is 11.4. The number of ether oxygens (including phenoxy) is 3. The molecule has 5 nitrogen and oxygen atoms in total. The van der Waals surface area contributed by atoms with E-state index in [1.807, 2.05) is 36.4 Å². The molecular weight excluding hydrogens is 328 g/mol. The molecule has 0 saturated heterocycles. The topological polar surface area (TPSA) is 52.6 Å². The highest BCUT2D eigenvalue weighted by Crippen LogP contribution is 2.34. The van der Waals surface area contributed by atoms with Gasteiger partial charge in [-0.3, -0.25) is 0 Å². The summed E-state index contributed by atoms with van der Waals surface area (Å²) in [6.45, 7) is 0.501. The molecule has 1 heterocycles. The molecule has 3 rings (SSSR count). The van der Waals surface area contributed by atoms with Gasteiger partial charge in [0.15, 0.2) is 6.29 Å². The van der Waals surface area contributed by atoms with Crippen LogP contribution in [0.1, 0.15) is 0 Å². The first-order valence-corrected chi connectivity index (χ1v) is 7.90. The molecule has 0 aliphatic rings. The molecular formula is C18H19ClN2O3. The van der Waals surface area contributed by atoms with Crippen LogP contribution in [0.2, 0.25) is 5.02 Å². The Kier molecular flexibility index (Phi) is 5.04. The van der Waals surface area contributed by atoms with E-state index in [4.69, 9.17) is 30.8 Å². The van der Waals surface area contributed by atoms with Gasteiger partial charge in [-0.05, 0) is 36.4 Å². The number of pyridine rings is 1. The number of nitrogens with zero attached hydrogens (tertiary/aromatic N) is 1. The summed E-state index contributed by atoms with van der Waals surface area (Å²) in [6, 6.07) is 11.5. The third-order valence-corrected chi connectivity index (χ3v) is 4.15. The third-order valence-electron chi connectivity index (χ3n) is 3.91. The molecule has 0 bridgehead atoms. The van der Waals surface area contributed by atoms with Crippen LogP contribution in [0.4, 0.5) is 5.69 Å². The summed E-state index contributed by atoms with van der Waals surface area (Å²) in [5.74, 6) is 0.774. The molecule has 0 aliphatic heterocycles. The van der Waals surface area contributed by atoms with Crippen LogP contribution >= 0.6 is 11.6 Å². The number of hydrogen-bond acceptors (Lipinski definition) is 5. The highest BCUT2D eigenvalue weighted by molar-refractivity contribution is 6.31. The first kappa shape index (κ1) is 16.8. The zero-order valence-corrected chi connectivity index (χ0v) is 14.6. The van der Waals surface area contributed by atoms with Gasteiger partial charge in [0.1, 0.15) is 5.75 Å². The van der Waals surface area contributed by atoms with Crippen molar-refractivity contribution in [3.05, 3.63) is 41.4 Å². The van der Waals surface area contributed by atoms with E-state index in [2.05, 4.69) is 5.32 Å². The molecule has 1 N–H and O–H groups in total. The standard InChI is InChI=1S/C18H19ClN2O3/c1-22-12-5-7-15-14(9-12)18(20-10-17(23-2)24-3)13-6-4-11(19)8-16(13)21-15/h4-9,17H,10H2,1-3H3,(H,20,21). The van der Waals surface area contributed by atoms with Crippen molar-refractivity contribution in [2.75, 3.05) is 33.2 Å². The van der Waals surface area contributed by atoms with Crippen LogP contribution in [-0.4, -0.2) is 39.1 Å². The van der Waals surface area contributed by atoms with Crippen LogP contribution in [0.3, 0.4) is 0 Å². The summed E-state index contributed by atoms with van der Waals surface area (Å²) in [5.41, 5.74) is 2.64. The molecule has 0 atom stereocenters. The summed E-state index contributed by atoms with van der Waals surface area (Å²) < 4.78 is 15.9. The maximum absolute atomic E-state index is 6.12. The highest BCUT2D eigenvalue weighted by atomic mass is 35.5. The molecule has 3 aromatic rings. The quantitative estimate of drug-likeness (QED) is 0.538. The minimum absolute atomic E-state index is 0.346. The van der Waals surface area contributed by atoms with E-state index in [1.165, 1.54) is 0 Å². The van der Waals surface area contributed by atoms with Crippen molar-refractivity contribution < 1.29 is 14.2 Å². The van der Waals surface area contributed by atoms with E-state index >= 15 is 0 Å². The number of hydrogen-bond donors (Lipinski definition) is 1. The second-order valence-corrected chi connectivity index (χ2v) is 5.75. The van der Waals surface area contributed by atoms with E-state index < -0.39 is 0 Å². The number of benzene rings is 2. The van der Waals surface area contributed by atoms with Crippen molar-refractivity contribution in [1.82, 2.24) is 4.98 Å². The van der Waals surface area contributed by atoms with E-state index in [9.17, 15) is 0 Å². The smallest absolute Gasteiger partial charge is 0.173 e. The van der Waals surface area contributed by atoms with Crippen LogP contribution < -0.4 is 10.1 Å². The lowest BCUT2D eigenvalue weighted by molar-refractivity contribution is -0.0913. The van der Waals surface area contributed by atoms with Gasteiger partial charge in [0.25, 0.3) is 0 Å². The van der Waals surface area contributed by atoms with Gasteiger partial charge in [-0.1, -0.05) is 11.6 Å². The predicted molar refractivity (Wildman–Crippen MR) is 97.1 cm³/mol. The first-order valence-electron chi connectivity index (χ1n) is 7.52. The summed E-state index contributed by atoms with van der Waals surface area (Å²) in [7, 11) is 4.87. The maximum atomic E-state index is 6.12. The Balaban J connectivity index is 2.18. The summed E-state index contributed by atoms with van der Waals surface area (Å²) >= 11 is 6.12. The zero-order valence-electron chi connectivity index (χ0n) is 13.8. The molecule has 0 saturated carbocycles. The summed E-state index contributed by atoms with van der Waals surface area (Å²) in [5, 5.41) is 6.01. The molecule has 0 radical (unpaired) electrons. The number of aromatic nitrogens is 1. The average Bonchev–Trinajstić information content (AvgIpc) is 2.61. The molecule has 24 heavy (non-hydrogen) atoms. The third kappa shape index (κ3) is 3.24. The highest BCUT2D eigenvalue weighted by Gasteiger charge is 2.13. The number of fused-ring (bicyclic) bond motifs is 2. The van der Waals surface area contributed by atoms with Crippen LogP contribution in [0.5, 0.6) is 5.75 Å². The molecule has 6 heteroatoms. The molecule has 1 aromatic heterocycles. The second-order valence-electron chi connectivity index (χ2n) is 5.31. The van der Waals surface area contributed by atoms with Gasteiger partial charge in [0, 0.05) is 30.0 Å². The van der Waals surface area contributed by atoms with Crippen LogP contribution in [-0.2, 0) is 9.47 Å². The van der Waals surface area contributed by atoms with Crippen molar-refractivity contribution in [2.24, 2.45) is 0 Å². The van der Waals surface area contributed by atoms with Gasteiger partial charge >= 0.3 is 0 Å². The van der Waals surface area contributed by atoms with E-state index in [0.29, 0.717) is 11.6 Å². The van der Waals surface area contributed by atoms with Crippen LogP contribution in [0, 0.1) is 0 Å². The molecule has 0 fully saturated rings. The van der Waals surface area contributed by atoms with E-state index in [0.717, 1.165) is 33.2 Å². The Hall–Kier alpha value is -2.08. The predicted octanol–water partition coefficient (Wildman–Crippen LogP) is 4.08. The zero-order chi connectivity index (χ0) is 17.1. The monoisotopic (exact) mass is 346 g/mol. The fraction of sp³-hybridized carbons (Fsp3) is 0.278. The van der Waals surface area contributed by atoms with Gasteiger partial charge in [-0.15, -0.1) is 0 Å². The Morgan fingerprint density at radius 3 is 2.50 bits per heavy atom. The Morgan fingerprint density at radius 2 is 1.79 bits per heavy atom. The minimum Gasteiger partial charge on any atom is -0.497 e. The van der Waals surface area contributed by atoms with Crippen molar-refractivity contribution in [1.29, 1.82) is 0 Å². The van der Waals surface area contributed by atoms with Crippen molar-refractivity contribution >= 4 is 39.1 Å². The van der Waals surface area contributed by atoms with Gasteiger partial charge in [0.05, 0.1) is 30.4 Å². The fourth-order valence-electron chi connectivity index (χ4n) is 2.66. The lowest BCUT2D eigenvalue weighted by atomic mass is 10.1. The second kappa shape index (κ2) is 7.21. The van der Waals surface area contributed by atoms with Crippen LogP contribution in [0.15, 0.2) is 36.4 Å². The number of rotatable bonds is 6. The Morgan fingerprint density at radius 1 is 1.00 bits per heavy atom. The average molecular weight is 347 g/mol. The Bertz CT molecular complexity index is 866. The number of anilines is 1. The SMILES string of the molecule is COc1ccc2nc3cc(Cl)ccc3c(NCC(OC)OC)c2c1. The molecule has 2 aromatic carbocycles. The number of halogens is 1. The minimum atomic E-state index is -0.346. The van der Waals surface area contributed by atoms with Gasteiger partial charge in [-0.2, -0.15) is 0 Å². The molecule has 0 spiro atoms. The van der Waals surface area contributed by atoms with E-state index in [1.54, 1.807) is 21.3 Å². The summed E-state index contributed by atoms with van der Waals surface area (Å²) in [6.07, 6.45) is -0.346. The number of methoxy groups -OCH3 is 3. The van der Waals surface area contributed by atoms with Crippen LogP contribution in [0.25, 0.3) is 21.8 Å². The molecule has 0 unspecified atom stereocenters. The van der Waals surface area contributed by atoms with Gasteiger partial charge in [0.2, 0.25) is 0 Å². The largest absolute Gasteiger partial charge is 0.497 e. The van der Waals surface area contributed by atoms with Crippen molar-refractivity contribution in [3.8, 4) is 5.75 Å². The fourth-order valence-corrected chi connectivity index (χ4v) is 2.83. The lowest BCUT2D eigenvalue weighted by Gasteiger charge is -2.18. The van der Waals surface area contributed by atoms with Gasteiger partial charge < -0.3 is 19.5 Å². The van der Waals surface area contributed by atoms with E-state index in [-0.39, 0.29) is 6.29 Å². The molecule has 0 amide bonds. The first-order chi connectivity index (χ1) is 11.7. The summed E-state index contributed by atoms with van der Waals surface area (Å²) in [4.78, 5) is 4.70. The lowest BCUT2D eigenvalue weighted by Crippen LogP contribution is -2.23. The maximum Gasteiger partial charge on any atom is 0.173 e. The molecule has 0 aliphatic carbocycles. The van der Waals surface area contributed by atoms with Crippen molar-refractivity contribution in [3.63, 3.8) is 0 Å². The number of nitrogens with one attached hydrogen (secondary N) is 1. The molecule has 126 valence electrons. The van der Waals surface area contributed by atoms with Gasteiger partial charge in [-0.25, -0.2) is 4.98 Å². The van der Waals surface area contributed by atoms with Crippen molar-refractivity contribution in [2.45, 2.75) is 6.29 Å². The Labute approximate surface area is 145 Å².